The number of carboxylic acid groups (broad SMARTS) is 1. The first kappa shape index (κ1) is 15.5. The van der Waals surface area contributed by atoms with Gasteiger partial charge in [0.1, 0.15) is 17.4 Å². The molecule has 1 atom stereocenters. The standard InChI is InChI=1S/C13H15ClN2O5/c1-15-13(12(17)18,8-2-3-8)7-21-9-4-5-11(16(19)20)10(14)6-9/h4-6,8,15H,2-3,7H2,1H3,(H,17,18). The number of aliphatic carboxylic acids is 1. The van der Waals surface area contributed by atoms with E-state index in [0.29, 0.717) is 5.75 Å². The Morgan fingerprint density at radius 1 is 1.62 bits per heavy atom. The lowest BCUT2D eigenvalue weighted by Gasteiger charge is -2.28. The Labute approximate surface area is 126 Å². The molecule has 2 N–H and O–H groups in total. The van der Waals surface area contributed by atoms with E-state index in [1.165, 1.54) is 18.2 Å². The zero-order chi connectivity index (χ0) is 15.6. The van der Waals surface area contributed by atoms with Crippen LogP contribution in [0.5, 0.6) is 5.75 Å². The second kappa shape index (κ2) is 5.87. The van der Waals surface area contributed by atoms with Crippen LogP contribution in [0.4, 0.5) is 5.69 Å². The first-order chi connectivity index (χ1) is 9.90. The van der Waals surface area contributed by atoms with Crippen LogP contribution in [0.25, 0.3) is 0 Å². The van der Waals surface area contributed by atoms with E-state index in [0.717, 1.165) is 12.8 Å². The lowest BCUT2D eigenvalue weighted by Crippen LogP contribution is -2.56. The molecule has 1 saturated carbocycles. The van der Waals surface area contributed by atoms with Gasteiger partial charge in [-0.05, 0) is 31.9 Å². The van der Waals surface area contributed by atoms with Gasteiger partial charge in [0.25, 0.3) is 5.69 Å². The van der Waals surface area contributed by atoms with Gasteiger partial charge < -0.3 is 15.2 Å². The average molecular weight is 315 g/mol. The van der Waals surface area contributed by atoms with Crippen molar-refractivity contribution in [1.82, 2.24) is 5.32 Å². The van der Waals surface area contributed by atoms with Crippen LogP contribution in [0.3, 0.4) is 0 Å². The fourth-order valence-corrected chi connectivity index (χ4v) is 2.48. The zero-order valence-corrected chi connectivity index (χ0v) is 12.1. The summed E-state index contributed by atoms with van der Waals surface area (Å²) in [5.74, 6) is -0.652. The van der Waals surface area contributed by atoms with Crippen LogP contribution in [0, 0.1) is 16.0 Å². The number of ether oxygens (including phenoxy) is 1. The van der Waals surface area contributed by atoms with Gasteiger partial charge in [-0.2, -0.15) is 0 Å². The molecule has 21 heavy (non-hydrogen) atoms. The van der Waals surface area contributed by atoms with E-state index in [1.54, 1.807) is 7.05 Å². The maximum Gasteiger partial charge on any atom is 0.327 e. The summed E-state index contributed by atoms with van der Waals surface area (Å²) in [5.41, 5.74) is -1.36. The van der Waals surface area contributed by atoms with Crippen molar-refractivity contribution in [2.45, 2.75) is 18.4 Å². The van der Waals surface area contributed by atoms with Gasteiger partial charge in [0.2, 0.25) is 0 Å². The highest BCUT2D eigenvalue weighted by atomic mass is 35.5. The Bertz CT molecular complexity index is 576. The molecule has 0 amide bonds. The first-order valence-electron chi connectivity index (χ1n) is 6.40. The molecule has 1 aliphatic carbocycles. The van der Waals surface area contributed by atoms with E-state index in [-0.39, 0.29) is 23.2 Å². The van der Waals surface area contributed by atoms with Crippen LogP contribution in [0.15, 0.2) is 18.2 Å². The van der Waals surface area contributed by atoms with Gasteiger partial charge in [0.15, 0.2) is 5.54 Å². The largest absolute Gasteiger partial charge is 0.491 e. The summed E-state index contributed by atoms with van der Waals surface area (Å²) in [4.78, 5) is 21.6. The molecule has 1 aromatic carbocycles. The highest BCUT2D eigenvalue weighted by Gasteiger charge is 2.51. The molecule has 0 bridgehead atoms. The van der Waals surface area contributed by atoms with E-state index in [9.17, 15) is 20.0 Å². The minimum absolute atomic E-state index is 0.0218. The van der Waals surface area contributed by atoms with E-state index < -0.39 is 16.4 Å². The monoisotopic (exact) mass is 314 g/mol. The molecule has 0 aliphatic heterocycles. The number of carbonyl (C=O) groups is 1. The van der Waals surface area contributed by atoms with E-state index in [4.69, 9.17) is 16.3 Å². The second-order valence-corrected chi connectivity index (χ2v) is 5.37. The third-order valence-corrected chi connectivity index (χ3v) is 3.99. The molecule has 8 heteroatoms. The van der Waals surface area contributed by atoms with Crippen molar-refractivity contribution >= 4 is 23.3 Å². The van der Waals surface area contributed by atoms with Crippen LogP contribution in [-0.2, 0) is 4.79 Å². The zero-order valence-electron chi connectivity index (χ0n) is 11.3. The molecule has 1 unspecified atom stereocenters. The van der Waals surface area contributed by atoms with E-state index in [2.05, 4.69) is 5.32 Å². The molecule has 0 aromatic heterocycles. The van der Waals surface area contributed by atoms with E-state index >= 15 is 0 Å². The SMILES string of the molecule is CNC(COc1ccc([N+](=O)[O-])c(Cl)c1)(C(=O)O)C1CC1. The van der Waals surface area contributed by atoms with Gasteiger partial charge in [-0.1, -0.05) is 11.6 Å². The lowest BCUT2D eigenvalue weighted by atomic mass is 9.94. The molecular formula is C13H15ClN2O5. The summed E-state index contributed by atoms with van der Waals surface area (Å²) in [5, 5.41) is 22.9. The predicted octanol–water partition coefficient (Wildman–Crippen LogP) is 2.08. The maximum absolute atomic E-state index is 11.5. The topological polar surface area (TPSA) is 102 Å². The Hall–Kier alpha value is -1.86. The van der Waals surface area contributed by atoms with Crippen molar-refractivity contribution in [1.29, 1.82) is 0 Å². The molecule has 1 aliphatic rings. The number of hydrogen-bond donors (Lipinski definition) is 2. The Balaban J connectivity index is 2.13. The molecule has 114 valence electrons. The van der Waals surface area contributed by atoms with Crippen molar-refractivity contribution in [2.24, 2.45) is 5.92 Å². The fourth-order valence-electron chi connectivity index (χ4n) is 2.24. The maximum atomic E-state index is 11.5. The lowest BCUT2D eigenvalue weighted by molar-refractivity contribution is -0.384. The quantitative estimate of drug-likeness (QED) is 0.590. The summed E-state index contributed by atoms with van der Waals surface area (Å²) >= 11 is 5.79. The molecule has 2 rings (SSSR count). The van der Waals surface area contributed by atoms with Gasteiger partial charge >= 0.3 is 5.97 Å². The molecule has 0 saturated heterocycles. The fraction of sp³-hybridized carbons (Fsp3) is 0.462. The van der Waals surface area contributed by atoms with E-state index in [1.807, 2.05) is 0 Å². The highest BCUT2D eigenvalue weighted by Crippen LogP contribution is 2.40. The minimum atomic E-state index is -1.14. The molecule has 7 nitrogen and oxygen atoms in total. The third kappa shape index (κ3) is 3.08. The number of rotatable bonds is 7. The van der Waals surface area contributed by atoms with Gasteiger partial charge in [-0.3, -0.25) is 14.9 Å². The van der Waals surface area contributed by atoms with Crippen LogP contribution in [0.2, 0.25) is 5.02 Å². The average Bonchev–Trinajstić information content (AvgIpc) is 3.24. The molecule has 1 aromatic rings. The summed E-state index contributed by atoms with van der Waals surface area (Å²) in [6.45, 7) is -0.0718. The second-order valence-electron chi connectivity index (χ2n) is 4.96. The molecule has 0 radical (unpaired) electrons. The number of nitrogens with zero attached hydrogens (tertiary/aromatic N) is 1. The van der Waals surface area contributed by atoms with Crippen LogP contribution >= 0.6 is 11.6 Å². The number of nitrogens with one attached hydrogen (secondary N) is 1. The Morgan fingerprint density at radius 2 is 2.29 bits per heavy atom. The van der Waals surface area contributed by atoms with Crippen LogP contribution in [-0.4, -0.2) is 35.2 Å². The van der Waals surface area contributed by atoms with Crippen LogP contribution in [0.1, 0.15) is 12.8 Å². The number of hydrogen-bond acceptors (Lipinski definition) is 5. The first-order valence-corrected chi connectivity index (χ1v) is 6.77. The Kier molecular flexibility index (Phi) is 4.34. The number of nitro groups is 1. The van der Waals surface area contributed by atoms with Gasteiger partial charge in [0, 0.05) is 12.1 Å². The van der Waals surface area contributed by atoms with Gasteiger partial charge in [-0.25, -0.2) is 0 Å². The number of likely N-dealkylation sites (N-methyl/N-ethyl adjacent to an activating group) is 1. The molecule has 0 heterocycles. The summed E-state index contributed by atoms with van der Waals surface area (Å²) in [7, 11) is 1.58. The van der Waals surface area contributed by atoms with Crippen molar-refractivity contribution < 1.29 is 19.6 Å². The molecule has 0 spiro atoms. The van der Waals surface area contributed by atoms with Crippen molar-refractivity contribution in [3.05, 3.63) is 33.3 Å². The summed E-state index contributed by atoms with van der Waals surface area (Å²) in [6.07, 6.45) is 1.66. The highest BCUT2D eigenvalue weighted by molar-refractivity contribution is 6.32. The molecular weight excluding hydrogens is 300 g/mol. The number of nitro benzene ring substituents is 1. The third-order valence-electron chi connectivity index (χ3n) is 3.68. The number of carboxylic acids is 1. The Morgan fingerprint density at radius 3 is 2.71 bits per heavy atom. The van der Waals surface area contributed by atoms with Crippen molar-refractivity contribution in [2.75, 3.05) is 13.7 Å². The summed E-state index contributed by atoms with van der Waals surface area (Å²) < 4.78 is 5.49. The van der Waals surface area contributed by atoms with Crippen molar-refractivity contribution in [3.63, 3.8) is 0 Å². The summed E-state index contributed by atoms with van der Waals surface area (Å²) in [6, 6.07) is 3.95. The smallest absolute Gasteiger partial charge is 0.327 e. The van der Waals surface area contributed by atoms with Gasteiger partial charge in [-0.15, -0.1) is 0 Å². The van der Waals surface area contributed by atoms with Crippen LogP contribution < -0.4 is 10.1 Å². The normalized spacial score (nSPS) is 17.0. The predicted molar refractivity (Wildman–Crippen MR) is 75.8 cm³/mol. The van der Waals surface area contributed by atoms with Crippen molar-refractivity contribution in [3.8, 4) is 5.75 Å². The minimum Gasteiger partial charge on any atom is -0.491 e. The van der Waals surface area contributed by atoms with Gasteiger partial charge in [0.05, 0.1) is 4.92 Å². The number of benzene rings is 1. The number of halogens is 1. The molecule has 1 fully saturated rings.